The SMILES string of the molecule is Cc1ccc(-n2nnc3cc(C(=O)O)ccc32)cc1C. The molecule has 5 heteroatoms. The van der Waals surface area contributed by atoms with Crippen molar-refractivity contribution in [1.82, 2.24) is 15.0 Å². The van der Waals surface area contributed by atoms with E-state index in [2.05, 4.69) is 17.2 Å². The zero-order chi connectivity index (χ0) is 14.3. The summed E-state index contributed by atoms with van der Waals surface area (Å²) in [5, 5.41) is 17.1. The Kier molecular flexibility index (Phi) is 2.75. The van der Waals surface area contributed by atoms with Crippen LogP contribution in [0.1, 0.15) is 21.5 Å². The molecule has 0 saturated carbocycles. The summed E-state index contributed by atoms with van der Waals surface area (Å²) in [6.45, 7) is 4.10. The highest BCUT2D eigenvalue weighted by atomic mass is 16.4. The standard InChI is InChI=1S/C15H13N3O2/c1-9-3-5-12(7-10(9)2)18-14-6-4-11(15(19)20)8-13(14)16-17-18/h3-8H,1-2H3,(H,19,20). The van der Waals surface area contributed by atoms with Gasteiger partial charge in [-0.3, -0.25) is 0 Å². The third-order valence-electron chi connectivity index (χ3n) is 3.43. The van der Waals surface area contributed by atoms with Crippen LogP contribution in [0, 0.1) is 13.8 Å². The molecule has 0 unspecified atom stereocenters. The molecule has 0 aliphatic heterocycles. The highest BCUT2D eigenvalue weighted by Crippen LogP contribution is 2.19. The van der Waals surface area contributed by atoms with Crippen LogP contribution in [0.3, 0.4) is 0 Å². The van der Waals surface area contributed by atoms with E-state index in [-0.39, 0.29) is 5.56 Å². The van der Waals surface area contributed by atoms with E-state index in [1.807, 2.05) is 25.1 Å². The van der Waals surface area contributed by atoms with Gasteiger partial charge in [0.1, 0.15) is 5.52 Å². The number of rotatable bonds is 2. The average molecular weight is 267 g/mol. The van der Waals surface area contributed by atoms with Crippen molar-refractivity contribution in [3.8, 4) is 5.69 Å². The van der Waals surface area contributed by atoms with Gasteiger partial charge in [-0.05, 0) is 55.3 Å². The normalized spacial score (nSPS) is 10.9. The number of aromatic carboxylic acids is 1. The fourth-order valence-electron chi connectivity index (χ4n) is 2.10. The Hall–Kier alpha value is -2.69. The van der Waals surface area contributed by atoms with Crippen LogP contribution >= 0.6 is 0 Å². The molecular formula is C15H13N3O2. The maximum absolute atomic E-state index is 10.9. The molecule has 2 aromatic carbocycles. The lowest BCUT2D eigenvalue weighted by Gasteiger charge is -2.05. The molecule has 0 aliphatic carbocycles. The Morgan fingerprint density at radius 3 is 2.60 bits per heavy atom. The maximum atomic E-state index is 10.9. The van der Waals surface area contributed by atoms with Gasteiger partial charge < -0.3 is 5.11 Å². The Balaban J connectivity index is 2.17. The number of carboxylic acid groups (broad SMARTS) is 1. The van der Waals surface area contributed by atoms with Gasteiger partial charge in [0.15, 0.2) is 0 Å². The largest absolute Gasteiger partial charge is 0.478 e. The number of fused-ring (bicyclic) bond motifs is 1. The highest BCUT2D eigenvalue weighted by molar-refractivity contribution is 5.92. The minimum absolute atomic E-state index is 0.213. The van der Waals surface area contributed by atoms with Crippen LogP contribution in [0.2, 0.25) is 0 Å². The van der Waals surface area contributed by atoms with Crippen molar-refractivity contribution in [3.63, 3.8) is 0 Å². The molecule has 0 bridgehead atoms. The fourth-order valence-corrected chi connectivity index (χ4v) is 2.10. The maximum Gasteiger partial charge on any atom is 0.335 e. The molecule has 0 radical (unpaired) electrons. The van der Waals surface area contributed by atoms with E-state index in [4.69, 9.17) is 5.11 Å². The molecule has 3 aromatic rings. The number of nitrogens with zero attached hydrogens (tertiary/aromatic N) is 3. The lowest BCUT2D eigenvalue weighted by atomic mass is 10.1. The molecule has 0 fully saturated rings. The molecule has 1 aromatic heterocycles. The van der Waals surface area contributed by atoms with Gasteiger partial charge in [-0.2, -0.15) is 0 Å². The lowest BCUT2D eigenvalue weighted by molar-refractivity contribution is 0.0697. The smallest absolute Gasteiger partial charge is 0.335 e. The van der Waals surface area contributed by atoms with E-state index >= 15 is 0 Å². The summed E-state index contributed by atoms with van der Waals surface area (Å²) in [5.74, 6) is -0.965. The van der Waals surface area contributed by atoms with Crippen molar-refractivity contribution < 1.29 is 9.90 Å². The zero-order valence-corrected chi connectivity index (χ0v) is 11.2. The van der Waals surface area contributed by atoms with Crippen LogP contribution in [0.4, 0.5) is 0 Å². The lowest BCUT2D eigenvalue weighted by Crippen LogP contribution is -1.98. The van der Waals surface area contributed by atoms with E-state index < -0.39 is 5.97 Å². The third-order valence-corrected chi connectivity index (χ3v) is 3.43. The Morgan fingerprint density at radius 1 is 1.10 bits per heavy atom. The van der Waals surface area contributed by atoms with E-state index in [9.17, 15) is 4.79 Å². The quantitative estimate of drug-likeness (QED) is 0.775. The van der Waals surface area contributed by atoms with Crippen molar-refractivity contribution in [2.45, 2.75) is 13.8 Å². The van der Waals surface area contributed by atoms with Crippen LogP contribution in [0.15, 0.2) is 36.4 Å². The van der Waals surface area contributed by atoms with Crippen molar-refractivity contribution in [2.24, 2.45) is 0 Å². The van der Waals surface area contributed by atoms with Gasteiger partial charge in [-0.1, -0.05) is 11.3 Å². The number of hydrogen-bond donors (Lipinski definition) is 1. The predicted molar refractivity (Wildman–Crippen MR) is 75.3 cm³/mol. The summed E-state index contributed by atoms with van der Waals surface area (Å²) in [4.78, 5) is 10.9. The molecule has 0 saturated heterocycles. The molecular weight excluding hydrogens is 254 g/mol. The molecule has 20 heavy (non-hydrogen) atoms. The van der Waals surface area contributed by atoms with Crippen LogP contribution < -0.4 is 0 Å². The molecule has 1 heterocycles. The predicted octanol–water partition coefficient (Wildman–Crippen LogP) is 2.74. The number of carbonyl (C=O) groups is 1. The van der Waals surface area contributed by atoms with E-state index in [0.717, 1.165) is 11.2 Å². The molecule has 0 atom stereocenters. The first-order chi connectivity index (χ1) is 9.56. The molecule has 100 valence electrons. The summed E-state index contributed by atoms with van der Waals surface area (Å²) >= 11 is 0. The molecule has 0 spiro atoms. The van der Waals surface area contributed by atoms with Crippen molar-refractivity contribution in [3.05, 3.63) is 53.1 Å². The van der Waals surface area contributed by atoms with Crippen LogP contribution in [0.5, 0.6) is 0 Å². The van der Waals surface area contributed by atoms with Gasteiger partial charge >= 0.3 is 5.97 Å². The summed E-state index contributed by atoms with van der Waals surface area (Å²) in [6, 6.07) is 10.9. The number of benzene rings is 2. The van der Waals surface area contributed by atoms with Crippen molar-refractivity contribution >= 4 is 17.0 Å². The van der Waals surface area contributed by atoms with E-state index in [1.165, 1.54) is 17.2 Å². The highest BCUT2D eigenvalue weighted by Gasteiger charge is 2.10. The Labute approximate surface area is 115 Å². The fraction of sp³-hybridized carbons (Fsp3) is 0.133. The van der Waals surface area contributed by atoms with Crippen LogP contribution in [0.25, 0.3) is 16.7 Å². The first kappa shape index (κ1) is 12.3. The summed E-state index contributed by atoms with van der Waals surface area (Å²) in [5.41, 5.74) is 4.88. The minimum atomic E-state index is -0.965. The molecule has 0 aliphatic rings. The topological polar surface area (TPSA) is 68.0 Å². The first-order valence-corrected chi connectivity index (χ1v) is 6.22. The van der Waals surface area contributed by atoms with Gasteiger partial charge in [0.2, 0.25) is 0 Å². The first-order valence-electron chi connectivity index (χ1n) is 6.22. The van der Waals surface area contributed by atoms with Crippen LogP contribution in [-0.2, 0) is 0 Å². The van der Waals surface area contributed by atoms with Gasteiger partial charge in [0.25, 0.3) is 0 Å². The van der Waals surface area contributed by atoms with E-state index in [1.54, 1.807) is 16.8 Å². The second-order valence-corrected chi connectivity index (χ2v) is 4.78. The summed E-state index contributed by atoms with van der Waals surface area (Å²) in [6.07, 6.45) is 0. The number of aryl methyl sites for hydroxylation is 2. The molecule has 1 N–H and O–H groups in total. The average Bonchev–Trinajstić information content (AvgIpc) is 2.84. The Morgan fingerprint density at radius 2 is 1.90 bits per heavy atom. The Bertz CT molecular complexity index is 821. The summed E-state index contributed by atoms with van der Waals surface area (Å²) in [7, 11) is 0. The minimum Gasteiger partial charge on any atom is -0.478 e. The second kappa shape index (κ2) is 4.45. The molecule has 3 rings (SSSR count). The van der Waals surface area contributed by atoms with Gasteiger partial charge in [-0.15, -0.1) is 5.10 Å². The van der Waals surface area contributed by atoms with Crippen molar-refractivity contribution in [1.29, 1.82) is 0 Å². The zero-order valence-electron chi connectivity index (χ0n) is 11.2. The number of carboxylic acids is 1. The van der Waals surface area contributed by atoms with Crippen molar-refractivity contribution in [2.75, 3.05) is 0 Å². The third kappa shape index (κ3) is 1.93. The van der Waals surface area contributed by atoms with E-state index in [0.29, 0.717) is 5.52 Å². The number of aromatic nitrogens is 3. The monoisotopic (exact) mass is 267 g/mol. The van der Waals surface area contributed by atoms with Crippen LogP contribution in [-0.4, -0.2) is 26.1 Å². The van der Waals surface area contributed by atoms with Gasteiger partial charge in [0.05, 0.1) is 16.8 Å². The number of hydrogen-bond acceptors (Lipinski definition) is 3. The molecule has 5 nitrogen and oxygen atoms in total. The van der Waals surface area contributed by atoms with Gasteiger partial charge in [-0.25, -0.2) is 9.48 Å². The summed E-state index contributed by atoms with van der Waals surface area (Å²) < 4.78 is 1.72. The molecule has 0 amide bonds. The van der Waals surface area contributed by atoms with Gasteiger partial charge in [0, 0.05) is 0 Å². The second-order valence-electron chi connectivity index (χ2n) is 4.78.